The van der Waals surface area contributed by atoms with Crippen molar-refractivity contribution < 1.29 is 54.9 Å². The molecule has 0 fully saturated rings. The lowest BCUT2D eigenvalue weighted by molar-refractivity contribution is -0.124. The number of sulfonamides is 1. The minimum Gasteiger partial charge on any atom is -0.435 e. The summed E-state index contributed by atoms with van der Waals surface area (Å²) in [7, 11) is -5.84. The number of anilines is 2. The maximum atomic E-state index is 13.6. The van der Waals surface area contributed by atoms with E-state index < -0.39 is 56.8 Å². The van der Waals surface area contributed by atoms with Crippen molar-refractivity contribution in [1.29, 1.82) is 0 Å². The van der Waals surface area contributed by atoms with E-state index in [1.165, 1.54) is 71.6 Å². The van der Waals surface area contributed by atoms with Gasteiger partial charge < -0.3 is 9.46 Å². The Bertz CT molecular complexity index is 1940. The van der Waals surface area contributed by atoms with Gasteiger partial charge in [-0.3, -0.25) is 24.7 Å². The Morgan fingerprint density at radius 1 is 0.784 bits per heavy atom. The van der Waals surface area contributed by atoms with Crippen LogP contribution in [-0.2, 0) is 30.6 Å². The van der Waals surface area contributed by atoms with Crippen LogP contribution in [0.25, 0.3) is 12.2 Å². The summed E-state index contributed by atoms with van der Waals surface area (Å²) in [5.74, 6) is -3.57. The highest BCUT2D eigenvalue weighted by molar-refractivity contribution is 7.92. The highest BCUT2D eigenvalue weighted by atomic mass is 32.2. The average Bonchev–Trinajstić information content (AvgIpc) is 3.13. The Labute approximate surface area is 293 Å². The SMILES string of the molecule is CC.O=C(/C=C/c1cccc(S(=O)(=O)Nc2c(F)cccc2F)c1)NO.O=C(/C=C/c1cccc(S(=O)Nc2ccc(OC(F)F)cc2)c1)NO. The van der Waals surface area contributed by atoms with Gasteiger partial charge in [0.1, 0.15) is 34.1 Å². The maximum Gasteiger partial charge on any atom is 0.387 e. The molecule has 12 nitrogen and oxygen atoms in total. The molecule has 0 aromatic heterocycles. The topological polar surface area (TPSA) is 183 Å². The lowest BCUT2D eigenvalue weighted by Crippen LogP contribution is -2.15. The second-order valence-corrected chi connectivity index (χ2v) is 12.1. The number of halogens is 4. The number of hydrogen-bond donors (Lipinski definition) is 6. The van der Waals surface area contributed by atoms with Crippen LogP contribution in [0.15, 0.2) is 113 Å². The predicted octanol–water partition coefficient (Wildman–Crippen LogP) is 6.25. The van der Waals surface area contributed by atoms with Gasteiger partial charge in [0, 0.05) is 17.8 Å². The summed E-state index contributed by atoms with van der Waals surface area (Å²) >= 11 is 0. The fraction of sp³-hybridized carbons (Fsp3) is 0.0909. The van der Waals surface area contributed by atoms with Crippen LogP contribution in [-0.4, -0.2) is 41.5 Å². The molecule has 1 atom stereocenters. The monoisotopic (exact) mass is 752 g/mol. The quantitative estimate of drug-likeness (QED) is 0.0425. The van der Waals surface area contributed by atoms with Crippen LogP contribution in [0.3, 0.4) is 0 Å². The predicted molar refractivity (Wildman–Crippen MR) is 182 cm³/mol. The molecule has 0 aliphatic carbocycles. The van der Waals surface area contributed by atoms with Crippen LogP contribution >= 0.6 is 0 Å². The first kappa shape index (κ1) is 41.6. The molecule has 0 spiro atoms. The van der Waals surface area contributed by atoms with Gasteiger partial charge in [-0.05, 0) is 83.9 Å². The van der Waals surface area contributed by atoms with E-state index in [2.05, 4.69) is 9.46 Å². The van der Waals surface area contributed by atoms with Crippen molar-refractivity contribution in [3.05, 3.63) is 126 Å². The van der Waals surface area contributed by atoms with Gasteiger partial charge in [-0.25, -0.2) is 32.4 Å². The van der Waals surface area contributed by atoms with Gasteiger partial charge in [0.25, 0.3) is 21.8 Å². The number of carbonyl (C=O) groups is 2. The molecule has 18 heteroatoms. The molecular formula is C33H32F4N4O8S2. The number of hydroxylamine groups is 2. The number of alkyl halides is 2. The molecule has 0 aliphatic rings. The summed E-state index contributed by atoms with van der Waals surface area (Å²) in [5, 5.41) is 16.8. The number of para-hydroxylation sites is 1. The van der Waals surface area contributed by atoms with E-state index in [1.807, 2.05) is 18.6 Å². The molecular weight excluding hydrogens is 721 g/mol. The van der Waals surface area contributed by atoms with Crippen LogP contribution < -0.4 is 25.1 Å². The molecule has 272 valence electrons. The van der Waals surface area contributed by atoms with Crippen molar-refractivity contribution in [2.45, 2.75) is 30.2 Å². The molecule has 0 aliphatic heterocycles. The van der Waals surface area contributed by atoms with Crippen LogP contribution in [0, 0.1) is 11.6 Å². The standard InChI is InChI=1S/C16H14F2N2O4S.C15H12F2N2O4S.C2H6/c17-16(18)24-13-7-5-12(6-8-13)20-25(23)14-3-1-2-11(10-14)4-9-15(21)19-22;16-12-5-2-6-13(17)15(12)19-24(22,23)11-4-1-3-10(9-11)7-8-14(20)18-21;1-2/h1-10,16,20,22H,(H,19,21);1-9,19,21H,(H,18,20);1-2H3/b9-4+;8-7+;. The minimum absolute atomic E-state index is 0.000580. The van der Waals surface area contributed by atoms with Crippen molar-refractivity contribution in [2.75, 3.05) is 9.44 Å². The molecule has 0 bridgehead atoms. The van der Waals surface area contributed by atoms with E-state index in [0.717, 1.165) is 30.4 Å². The number of amides is 2. The first-order chi connectivity index (χ1) is 24.3. The van der Waals surface area contributed by atoms with E-state index >= 15 is 0 Å². The number of rotatable bonds is 12. The molecule has 6 N–H and O–H groups in total. The molecule has 4 rings (SSSR count). The highest BCUT2D eigenvalue weighted by Gasteiger charge is 2.19. The van der Waals surface area contributed by atoms with Gasteiger partial charge in [0.2, 0.25) is 0 Å². The number of carbonyl (C=O) groups excluding carboxylic acids is 2. The fourth-order valence-corrected chi connectivity index (χ4v) is 5.64. The van der Waals surface area contributed by atoms with Crippen molar-refractivity contribution in [3.8, 4) is 5.75 Å². The smallest absolute Gasteiger partial charge is 0.387 e. The summed E-state index contributed by atoms with van der Waals surface area (Å²) in [6.45, 7) is 1.09. The van der Waals surface area contributed by atoms with Gasteiger partial charge in [0.15, 0.2) is 0 Å². The number of ether oxygens (including phenoxy) is 1. The van der Waals surface area contributed by atoms with Crippen LogP contribution in [0.5, 0.6) is 5.75 Å². The Kier molecular flexibility index (Phi) is 17.0. The third-order valence-electron chi connectivity index (χ3n) is 5.80. The second kappa shape index (κ2) is 20.8. The largest absolute Gasteiger partial charge is 0.435 e. The van der Waals surface area contributed by atoms with E-state index in [9.17, 15) is 39.8 Å². The summed E-state index contributed by atoms with van der Waals surface area (Å²) < 4.78 is 97.0. The first-order valence-electron chi connectivity index (χ1n) is 14.5. The average molecular weight is 753 g/mol. The molecule has 4 aromatic carbocycles. The zero-order valence-electron chi connectivity index (χ0n) is 26.7. The molecule has 0 saturated carbocycles. The van der Waals surface area contributed by atoms with E-state index in [4.69, 9.17) is 10.4 Å². The molecule has 0 saturated heterocycles. The van der Waals surface area contributed by atoms with E-state index in [1.54, 1.807) is 24.3 Å². The Hall–Kier alpha value is -5.56. The zero-order valence-corrected chi connectivity index (χ0v) is 28.4. The van der Waals surface area contributed by atoms with Crippen molar-refractivity contribution in [3.63, 3.8) is 0 Å². The lowest BCUT2D eigenvalue weighted by atomic mass is 10.2. The van der Waals surface area contributed by atoms with Crippen molar-refractivity contribution in [1.82, 2.24) is 11.0 Å². The highest BCUT2D eigenvalue weighted by Crippen LogP contribution is 2.23. The Balaban J connectivity index is 0.000000337. The summed E-state index contributed by atoms with van der Waals surface area (Å²) in [4.78, 5) is 22.1. The summed E-state index contributed by atoms with van der Waals surface area (Å²) in [6, 6.07) is 20.4. The zero-order chi connectivity index (χ0) is 38.0. The van der Waals surface area contributed by atoms with E-state index in [0.29, 0.717) is 21.7 Å². The third-order valence-corrected chi connectivity index (χ3v) is 8.26. The molecule has 2 amide bonds. The summed E-state index contributed by atoms with van der Waals surface area (Å²) in [5.41, 5.74) is 3.47. The Morgan fingerprint density at radius 3 is 1.82 bits per heavy atom. The lowest BCUT2D eigenvalue weighted by Gasteiger charge is -2.10. The molecule has 0 heterocycles. The number of nitrogens with one attached hydrogen (secondary N) is 4. The minimum atomic E-state index is -4.24. The van der Waals surface area contributed by atoms with Gasteiger partial charge in [0.05, 0.1) is 9.79 Å². The van der Waals surface area contributed by atoms with Crippen LogP contribution in [0.2, 0.25) is 0 Å². The second-order valence-electron chi connectivity index (χ2n) is 9.24. The fourth-order valence-electron chi connectivity index (χ4n) is 3.60. The first-order valence-corrected chi connectivity index (χ1v) is 17.1. The van der Waals surface area contributed by atoms with E-state index in [-0.39, 0.29) is 10.6 Å². The third kappa shape index (κ3) is 14.1. The molecule has 4 aromatic rings. The summed E-state index contributed by atoms with van der Waals surface area (Å²) in [6.07, 6.45) is 4.81. The molecule has 1 unspecified atom stereocenters. The maximum absolute atomic E-state index is 13.6. The Morgan fingerprint density at radius 2 is 1.29 bits per heavy atom. The van der Waals surface area contributed by atoms with Crippen LogP contribution in [0.4, 0.5) is 28.9 Å². The van der Waals surface area contributed by atoms with Gasteiger partial charge in [-0.1, -0.05) is 44.2 Å². The number of benzene rings is 4. The van der Waals surface area contributed by atoms with Gasteiger partial charge >= 0.3 is 6.61 Å². The van der Waals surface area contributed by atoms with Crippen molar-refractivity contribution in [2.24, 2.45) is 0 Å². The molecule has 0 radical (unpaired) electrons. The molecule has 51 heavy (non-hydrogen) atoms. The van der Waals surface area contributed by atoms with Crippen molar-refractivity contribution >= 4 is 56.4 Å². The van der Waals surface area contributed by atoms with Gasteiger partial charge in [-0.15, -0.1) is 0 Å². The number of hydrogen-bond acceptors (Lipinski definition) is 8. The van der Waals surface area contributed by atoms with Crippen LogP contribution in [0.1, 0.15) is 25.0 Å². The normalized spacial score (nSPS) is 11.5. The van der Waals surface area contributed by atoms with Gasteiger partial charge in [-0.2, -0.15) is 8.78 Å².